The number of hydrogen-bond acceptors (Lipinski definition) is 2. The molecule has 0 aliphatic heterocycles. The van der Waals surface area contributed by atoms with E-state index in [2.05, 4.69) is 5.32 Å². The third kappa shape index (κ3) is 5.02. The molecule has 0 bridgehead atoms. The van der Waals surface area contributed by atoms with E-state index in [9.17, 15) is 9.59 Å². The van der Waals surface area contributed by atoms with Crippen molar-refractivity contribution in [2.24, 2.45) is 0 Å². The first kappa shape index (κ1) is 16.8. The van der Waals surface area contributed by atoms with E-state index in [1.807, 2.05) is 4.90 Å². The second kappa shape index (κ2) is 8.18. The van der Waals surface area contributed by atoms with Crippen LogP contribution >= 0.6 is 11.6 Å². The fourth-order valence-electron chi connectivity index (χ4n) is 3.00. The number of carbonyl (C=O) groups is 2. The standard InChI is InChI=1S/C17H23ClN2O2/c1-13(21)20(16-8-3-2-4-9-16)11-10-17(22)19-15-7-5-6-14(18)12-15/h5-7,12,16H,2-4,8-11H2,1H3,(H,19,22). The Balaban J connectivity index is 1.86. The first-order valence-electron chi connectivity index (χ1n) is 7.89. The van der Waals surface area contributed by atoms with Crippen LogP contribution in [0, 0.1) is 0 Å². The van der Waals surface area contributed by atoms with Crippen LogP contribution in [0.5, 0.6) is 0 Å². The molecule has 2 amide bonds. The summed E-state index contributed by atoms with van der Waals surface area (Å²) < 4.78 is 0. The van der Waals surface area contributed by atoms with Crippen molar-refractivity contribution in [2.45, 2.75) is 51.5 Å². The SMILES string of the molecule is CC(=O)N(CCC(=O)Nc1cccc(Cl)c1)C1CCCCC1. The van der Waals surface area contributed by atoms with E-state index in [4.69, 9.17) is 11.6 Å². The van der Waals surface area contributed by atoms with Gasteiger partial charge in [-0.15, -0.1) is 0 Å². The minimum Gasteiger partial charge on any atom is -0.339 e. The molecule has 22 heavy (non-hydrogen) atoms. The molecule has 1 fully saturated rings. The number of benzene rings is 1. The molecule has 1 aliphatic rings. The van der Waals surface area contributed by atoms with E-state index < -0.39 is 0 Å². The van der Waals surface area contributed by atoms with Crippen LogP contribution in [0.2, 0.25) is 5.02 Å². The molecule has 1 aromatic rings. The Bertz CT molecular complexity index is 527. The first-order chi connectivity index (χ1) is 10.6. The number of halogens is 1. The lowest BCUT2D eigenvalue weighted by Crippen LogP contribution is -2.41. The van der Waals surface area contributed by atoms with Crippen LogP contribution in [0.4, 0.5) is 5.69 Å². The molecule has 0 saturated heterocycles. The Morgan fingerprint density at radius 1 is 1.27 bits per heavy atom. The van der Waals surface area contributed by atoms with E-state index in [0.717, 1.165) is 12.8 Å². The molecule has 1 aliphatic carbocycles. The number of nitrogens with one attached hydrogen (secondary N) is 1. The largest absolute Gasteiger partial charge is 0.339 e. The number of amides is 2. The van der Waals surface area contributed by atoms with E-state index >= 15 is 0 Å². The van der Waals surface area contributed by atoms with Crippen molar-refractivity contribution in [1.82, 2.24) is 4.90 Å². The van der Waals surface area contributed by atoms with Gasteiger partial charge in [0, 0.05) is 36.6 Å². The van der Waals surface area contributed by atoms with Gasteiger partial charge in [0.1, 0.15) is 0 Å². The third-order valence-corrected chi connectivity index (χ3v) is 4.34. The molecule has 5 heteroatoms. The van der Waals surface area contributed by atoms with Crippen molar-refractivity contribution < 1.29 is 9.59 Å². The second-order valence-corrected chi connectivity index (χ2v) is 6.25. The van der Waals surface area contributed by atoms with Crippen LogP contribution in [0.3, 0.4) is 0 Å². The minimum absolute atomic E-state index is 0.0578. The summed E-state index contributed by atoms with van der Waals surface area (Å²) in [7, 11) is 0. The summed E-state index contributed by atoms with van der Waals surface area (Å²) in [6.07, 6.45) is 6.00. The summed E-state index contributed by atoms with van der Waals surface area (Å²) in [6.45, 7) is 2.07. The van der Waals surface area contributed by atoms with Crippen LogP contribution < -0.4 is 5.32 Å². The van der Waals surface area contributed by atoms with Crippen molar-refractivity contribution in [3.05, 3.63) is 29.3 Å². The van der Waals surface area contributed by atoms with Gasteiger partial charge in [-0.1, -0.05) is 36.9 Å². The zero-order valence-corrected chi connectivity index (χ0v) is 13.7. The summed E-state index contributed by atoms with van der Waals surface area (Å²) >= 11 is 5.89. The predicted octanol–water partition coefficient (Wildman–Crippen LogP) is 3.85. The smallest absolute Gasteiger partial charge is 0.226 e. The van der Waals surface area contributed by atoms with Crippen molar-refractivity contribution in [2.75, 3.05) is 11.9 Å². The number of anilines is 1. The highest BCUT2D eigenvalue weighted by Crippen LogP contribution is 2.23. The summed E-state index contributed by atoms with van der Waals surface area (Å²) in [5.74, 6) is -0.0354. The Labute approximate surface area is 136 Å². The maximum atomic E-state index is 12.0. The van der Waals surface area contributed by atoms with Gasteiger partial charge in [0.15, 0.2) is 0 Å². The molecular weight excluding hydrogens is 300 g/mol. The van der Waals surface area contributed by atoms with Crippen LogP contribution in [-0.2, 0) is 9.59 Å². The molecule has 0 aromatic heterocycles. The maximum absolute atomic E-state index is 12.0. The van der Waals surface area contributed by atoms with Gasteiger partial charge < -0.3 is 10.2 Å². The average Bonchev–Trinajstić information content (AvgIpc) is 2.48. The quantitative estimate of drug-likeness (QED) is 0.895. The van der Waals surface area contributed by atoms with Gasteiger partial charge >= 0.3 is 0 Å². The highest BCUT2D eigenvalue weighted by molar-refractivity contribution is 6.30. The number of carbonyl (C=O) groups excluding carboxylic acids is 2. The van der Waals surface area contributed by atoms with Gasteiger partial charge in [0.2, 0.25) is 11.8 Å². The fourth-order valence-corrected chi connectivity index (χ4v) is 3.19. The van der Waals surface area contributed by atoms with Crippen LogP contribution in [0.1, 0.15) is 45.4 Å². The lowest BCUT2D eigenvalue weighted by Gasteiger charge is -2.33. The van der Waals surface area contributed by atoms with Crippen LogP contribution in [0.15, 0.2) is 24.3 Å². The molecule has 0 spiro atoms. The monoisotopic (exact) mass is 322 g/mol. The molecule has 1 N–H and O–H groups in total. The lowest BCUT2D eigenvalue weighted by atomic mass is 9.94. The van der Waals surface area contributed by atoms with Crippen molar-refractivity contribution in [1.29, 1.82) is 0 Å². The van der Waals surface area contributed by atoms with E-state index in [0.29, 0.717) is 29.7 Å². The molecule has 0 unspecified atom stereocenters. The highest BCUT2D eigenvalue weighted by atomic mass is 35.5. The molecule has 2 rings (SSSR count). The molecular formula is C17H23ClN2O2. The average molecular weight is 323 g/mol. The number of rotatable bonds is 5. The van der Waals surface area contributed by atoms with Crippen molar-refractivity contribution in [3.63, 3.8) is 0 Å². The minimum atomic E-state index is -0.0932. The molecule has 4 nitrogen and oxygen atoms in total. The predicted molar refractivity (Wildman–Crippen MR) is 89.0 cm³/mol. The van der Waals surface area contributed by atoms with E-state index in [1.165, 1.54) is 19.3 Å². The Hall–Kier alpha value is -1.55. The van der Waals surface area contributed by atoms with Crippen LogP contribution in [0.25, 0.3) is 0 Å². The Morgan fingerprint density at radius 3 is 2.64 bits per heavy atom. The Kier molecular flexibility index (Phi) is 6.25. The van der Waals surface area contributed by atoms with Crippen molar-refractivity contribution in [3.8, 4) is 0 Å². The highest BCUT2D eigenvalue weighted by Gasteiger charge is 2.23. The lowest BCUT2D eigenvalue weighted by molar-refractivity contribution is -0.132. The number of hydrogen-bond donors (Lipinski definition) is 1. The van der Waals surface area contributed by atoms with E-state index in [-0.39, 0.29) is 11.8 Å². The van der Waals surface area contributed by atoms with Gasteiger partial charge in [-0.3, -0.25) is 9.59 Å². The molecule has 1 aromatic carbocycles. The maximum Gasteiger partial charge on any atom is 0.226 e. The van der Waals surface area contributed by atoms with Gasteiger partial charge in [-0.2, -0.15) is 0 Å². The topological polar surface area (TPSA) is 49.4 Å². The number of nitrogens with zero attached hydrogens (tertiary/aromatic N) is 1. The van der Waals surface area contributed by atoms with Gasteiger partial charge in [0.05, 0.1) is 0 Å². The summed E-state index contributed by atoms with van der Waals surface area (Å²) in [5.41, 5.74) is 0.685. The zero-order chi connectivity index (χ0) is 15.9. The summed E-state index contributed by atoms with van der Waals surface area (Å²) in [4.78, 5) is 25.7. The third-order valence-electron chi connectivity index (χ3n) is 4.11. The summed E-state index contributed by atoms with van der Waals surface area (Å²) in [6, 6.07) is 7.36. The molecule has 0 atom stereocenters. The van der Waals surface area contributed by atoms with Gasteiger partial charge in [0.25, 0.3) is 0 Å². The van der Waals surface area contributed by atoms with Crippen molar-refractivity contribution >= 4 is 29.1 Å². The fraction of sp³-hybridized carbons (Fsp3) is 0.529. The molecule has 120 valence electrons. The van der Waals surface area contributed by atoms with E-state index in [1.54, 1.807) is 31.2 Å². The van der Waals surface area contributed by atoms with Gasteiger partial charge in [-0.05, 0) is 31.0 Å². The zero-order valence-electron chi connectivity index (χ0n) is 13.0. The normalized spacial score (nSPS) is 15.4. The Morgan fingerprint density at radius 2 is 2.00 bits per heavy atom. The molecule has 1 saturated carbocycles. The first-order valence-corrected chi connectivity index (χ1v) is 8.26. The van der Waals surface area contributed by atoms with Crippen LogP contribution in [-0.4, -0.2) is 29.3 Å². The second-order valence-electron chi connectivity index (χ2n) is 5.81. The summed E-state index contributed by atoms with van der Waals surface area (Å²) in [5, 5.41) is 3.41. The molecule has 0 heterocycles. The molecule has 0 radical (unpaired) electrons. The van der Waals surface area contributed by atoms with Gasteiger partial charge in [-0.25, -0.2) is 0 Å².